The number of rotatable bonds is 1. The fourth-order valence-electron chi connectivity index (χ4n) is 1.73. The fraction of sp³-hybridized carbons (Fsp3) is 0.222. The Morgan fingerprint density at radius 3 is 2.71 bits per heavy atom. The largest absolute Gasteiger partial charge is 0.398 e. The molecule has 5 nitrogen and oxygen atoms in total. The molecular weight excluding hydrogens is 184 g/mol. The Morgan fingerprint density at radius 1 is 1.36 bits per heavy atom. The molecule has 0 fully saturated rings. The number of ketones is 1. The number of anilines is 1. The molecule has 0 spiro atoms. The second-order valence-corrected chi connectivity index (χ2v) is 3.25. The summed E-state index contributed by atoms with van der Waals surface area (Å²) in [7, 11) is 0. The molecule has 1 aromatic rings. The summed E-state index contributed by atoms with van der Waals surface area (Å²) < 4.78 is 0. The number of nitrogens with two attached hydrogens (primary N) is 1. The van der Waals surface area contributed by atoms with Gasteiger partial charge in [-0.15, -0.1) is 0 Å². The van der Waals surface area contributed by atoms with E-state index >= 15 is 0 Å². The highest BCUT2D eigenvalue weighted by molar-refractivity contribution is 6.05. The predicted octanol–water partition coefficient (Wildman–Crippen LogP) is 1.31. The molecule has 0 saturated heterocycles. The van der Waals surface area contributed by atoms with E-state index < -0.39 is 4.92 Å². The van der Waals surface area contributed by atoms with Crippen molar-refractivity contribution < 1.29 is 9.72 Å². The fourth-order valence-corrected chi connectivity index (χ4v) is 1.73. The molecule has 0 unspecified atom stereocenters. The van der Waals surface area contributed by atoms with Gasteiger partial charge < -0.3 is 5.73 Å². The van der Waals surface area contributed by atoms with Gasteiger partial charge in [-0.2, -0.15) is 0 Å². The summed E-state index contributed by atoms with van der Waals surface area (Å²) >= 11 is 0. The van der Waals surface area contributed by atoms with E-state index in [0.717, 1.165) is 0 Å². The van der Waals surface area contributed by atoms with Gasteiger partial charge in [-0.05, 0) is 12.0 Å². The normalized spacial score (nSPS) is 14.1. The van der Waals surface area contributed by atoms with Crippen molar-refractivity contribution in [2.75, 3.05) is 5.73 Å². The lowest BCUT2D eigenvalue weighted by Gasteiger charge is -2.01. The van der Waals surface area contributed by atoms with Gasteiger partial charge in [0.1, 0.15) is 0 Å². The number of aryl methyl sites for hydroxylation is 1. The first-order valence-corrected chi connectivity index (χ1v) is 4.19. The quantitative estimate of drug-likeness (QED) is 0.413. The lowest BCUT2D eigenvalue weighted by atomic mass is 10.1. The summed E-state index contributed by atoms with van der Waals surface area (Å²) in [5.41, 5.74) is 6.91. The number of carbonyl (C=O) groups excluding carboxylic acids is 1. The van der Waals surface area contributed by atoms with Crippen LogP contribution in [0.4, 0.5) is 11.4 Å². The number of carbonyl (C=O) groups is 1. The highest BCUT2D eigenvalue weighted by Crippen LogP contribution is 2.31. The number of hydrogen-bond donors (Lipinski definition) is 1. The zero-order valence-electron chi connectivity index (χ0n) is 7.32. The number of fused-ring (bicyclic) bond motifs is 1. The second kappa shape index (κ2) is 2.80. The van der Waals surface area contributed by atoms with E-state index in [4.69, 9.17) is 5.73 Å². The summed E-state index contributed by atoms with van der Waals surface area (Å²) in [6, 6.07) is 2.67. The molecule has 14 heavy (non-hydrogen) atoms. The molecule has 0 aliphatic heterocycles. The second-order valence-electron chi connectivity index (χ2n) is 3.25. The average Bonchev–Trinajstić information content (AvgIpc) is 2.48. The van der Waals surface area contributed by atoms with Crippen LogP contribution >= 0.6 is 0 Å². The maximum atomic E-state index is 11.3. The molecule has 0 aromatic heterocycles. The van der Waals surface area contributed by atoms with Gasteiger partial charge in [-0.3, -0.25) is 14.9 Å². The highest BCUT2D eigenvalue weighted by Gasteiger charge is 2.25. The summed E-state index contributed by atoms with van der Waals surface area (Å²) in [6.45, 7) is 0. The molecule has 72 valence electrons. The van der Waals surface area contributed by atoms with Crippen molar-refractivity contribution >= 4 is 17.2 Å². The zero-order valence-corrected chi connectivity index (χ0v) is 7.32. The van der Waals surface area contributed by atoms with Crippen molar-refractivity contribution in [3.05, 3.63) is 33.4 Å². The van der Waals surface area contributed by atoms with E-state index in [-0.39, 0.29) is 17.2 Å². The van der Waals surface area contributed by atoms with Crippen molar-refractivity contribution in [3.63, 3.8) is 0 Å². The van der Waals surface area contributed by atoms with Crippen LogP contribution in [-0.2, 0) is 6.42 Å². The van der Waals surface area contributed by atoms with Gasteiger partial charge in [-0.25, -0.2) is 0 Å². The molecule has 0 bridgehead atoms. The molecule has 5 heteroatoms. The van der Waals surface area contributed by atoms with E-state index in [1.54, 1.807) is 0 Å². The highest BCUT2D eigenvalue weighted by atomic mass is 16.6. The number of nitro groups is 1. The first-order valence-electron chi connectivity index (χ1n) is 4.19. The van der Waals surface area contributed by atoms with Gasteiger partial charge in [0.05, 0.1) is 4.92 Å². The molecule has 0 saturated carbocycles. The molecule has 0 atom stereocenters. The number of benzene rings is 1. The third-order valence-electron chi connectivity index (χ3n) is 2.35. The van der Waals surface area contributed by atoms with Gasteiger partial charge in [0.2, 0.25) is 0 Å². The van der Waals surface area contributed by atoms with Crippen molar-refractivity contribution in [1.29, 1.82) is 0 Å². The summed E-state index contributed by atoms with van der Waals surface area (Å²) in [6.07, 6.45) is 0.959. The SMILES string of the molecule is Nc1cc([N+](=O)[O-])cc2c1C(=O)CC2. The first-order chi connectivity index (χ1) is 6.59. The van der Waals surface area contributed by atoms with Crippen molar-refractivity contribution in [3.8, 4) is 0 Å². The predicted molar refractivity (Wildman–Crippen MR) is 50.2 cm³/mol. The number of Topliss-reactive ketones (excluding diaryl/α,β-unsaturated/α-hetero) is 1. The molecular formula is C9H8N2O3. The lowest BCUT2D eigenvalue weighted by Crippen LogP contribution is -2.00. The number of nitrogens with zero attached hydrogens (tertiary/aromatic N) is 1. The molecule has 1 aromatic carbocycles. The van der Waals surface area contributed by atoms with Crippen molar-refractivity contribution in [1.82, 2.24) is 0 Å². The lowest BCUT2D eigenvalue weighted by molar-refractivity contribution is -0.384. The van der Waals surface area contributed by atoms with Gasteiger partial charge in [-0.1, -0.05) is 0 Å². The van der Waals surface area contributed by atoms with E-state index in [1.165, 1.54) is 12.1 Å². The zero-order chi connectivity index (χ0) is 10.3. The van der Waals surface area contributed by atoms with E-state index in [9.17, 15) is 14.9 Å². The topological polar surface area (TPSA) is 86.2 Å². The molecule has 1 aliphatic carbocycles. The Balaban J connectivity index is 2.62. The maximum absolute atomic E-state index is 11.3. The van der Waals surface area contributed by atoms with Crippen LogP contribution in [0.15, 0.2) is 12.1 Å². The number of hydrogen-bond acceptors (Lipinski definition) is 4. The van der Waals surface area contributed by atoms with Crippen LogP contribution < -0.4 is 5.73 Å². The molecule has 0 amide bonds. The summed E-state index contributed by atoms with van der Waals surface area (Å²) in [5.74, 6) is -0.0209. The van der Waals surface area contributed by atoms with Crippen LogP contribution in [0.2, 0.25) is 0 Å². The van der Waals surface area contributed by atoms with Crippen LogP contribution in [0.3, 0.4) is 0 Å². The van der Waals surface area contributed by atoms with Crippen LogP contribution in [0, 0.1) is 10.1 Å². The van der Waals surface area contributed by atoms with Crippen molar-refractivity contribution in [2.24, 2.45) is 0 Å². The molecule has 0 radical (unpaired) electrons. The summed E-state index contributed by atoms with van der Waals surface area (Å²) in [5, 5.41) is 10.5. The number of nitro benzene ring substituents is 1. The van der Waals surface area contributed by atoms with Gasteiger partial charge >= 0.3 is 0 Å². The van der Waals surface area contributed by atoms with Crippen LogP contribution in [0.5, 0.6) is 0 Å². The number of nitrogen functional groups attached to an aromatic ring is 1. The molecule has 0 heterocycles. The maximum Gasteiger partial charge on any atom is 0.271 e. The number of non-ortho nitro benzene ring substituents is 1. The van der Waals surface area contributed by atoms with Crippen LogP contribution in [0.1, 0.15) is 22.3 Å². The monoisotopic (exact) mass is 192 g/mol. The minimum absolute atomic E-state index is 0.0209. The van der Waals surface area contributed by atoms with Gasteiger partial charge in [0, 0.05) is 29.8 Å². The smallest absolute Gasteiger partial charge is 0.271 e. The average molecular weight is 192 g/mol. The Hall–Kier alpha value is -1.91. The summed E-state index contributed by atoms with van der Waals surface area (Å²) in [4.78, 5) is 21.3. The van der Waals surface area contributed by atoms with Crippen LogP contribution in [-0.4, -0.2) is 10.7 Å². The Morgan fingerprint density at radius 2 is 2.07 bits per heavy atom. The molecule has 1 aliphatic rings. The third kappa shape index (κ3) is 1.14. The van der Waals surface area contributed by atoms with Crippen molar-refractivity contribution in [2.45, 2.75) is 12.8 Å². The molecule has 2 N–H and O–H groups in total. The molecule has 2 rings (SSSR count). The van der Waals surface area contributed by atoms with Gasteiger partial charge in [0.15, 0.2) is 5.78 Å². The third-order valence-corrected chi connectivity index (χ3v) is 2.35. The minimum Gasteiger partial charge on any atom is -0.398 e. The Labute approximate surface area is 79.7 Å². The van der Waals surface area contributed by atoms with E-state index in [0.29, 0.717) is 24.0 Å². The van der Waals surface area contributed by atoms with E-state index in [1.807, 2.05) is 0 Å². The standard InChI is InChI=1S/C9H8N2O3/c10-7-4-6(11(13)14)3-5-1-2-8(12)9(5)7/h3-4H,1-2,10H2. The van der Waals surface area contributed by atoms with Crippen LogP contribution in [0.25, 0.3) is 0 Å². The first kappa shape index (κ1) is 8.68. The van der Waals surface area contributed by atoms with Gasteiger partial charge in [0.25, 0.3) is 5.69 Å². The van der Waals surface area contributed by atoms with E-state index in [2.05, 4.69) is 0 Å². The Kier molecular flexibility index (Phi) is 1.73. The Bertz CT molecular complexity index is 440. The minimum atomic E-state index is -0.501.